The Labute approximate surface area is 259 Å². The number of hydrogen-bond donors (Lipinski definition) is 2. The van der Waals surface area contributed by atoms with Crippen molar-refractivity contribution in [1.82, 2.24) is 9.97 Å². The molecule has 0 unspecified atom stereocenters. The summed E-state index contributed by atoms with van der Waals surface area (Å²) in [5.74, 6) is 1.19. The van der Waals surface area contributed by atoms with E-state index in [-0.39, 0.29) is 0 Å². The van der Waals surface area contributed by atoms with E-state index in [1.165, 1.54) is 21.5 Å². The number of anilines is 4. The fraction of sp³-hybridized carbons (Fsp3) is 0.0789. The molecule has 0 aliphatic rings. The molecular weight excluding hydrogens is 557 g/mol. The van der Waals surface area contributed by atoms with Crippen molar-refractivity contribution in [3.05, 3.63) is 162 Å². The predicted molar refractivity (Wildman–Crippen MR) is 186 cm³/mol. The van der Waals surface area contributed by atoms with Crippen LogP contribution in [0.5, 0.6) is 0 Å². The molecule has 0 spiro atoms. The van der Waals surface area contributed by atoms with Crippen molar-refractivity contribution in [1.29, 1.82) is 5.26 Å². The van der Waals surface area contributed by atoms with Crippen LogP contribution in [0.25, 0.3) is 0 Å². The molecule has 0 radical (unpaired) electrons. The van der Waals surface area contributed by atoms with Gasteiger partial charge in [0, 0.05) is 0 Å². The molecule has 6 rings (SSSR count). The quantitative estimate of drug-likeness (QED) is 0.169. The van der Waals surface area contributed by atoms with Crippen molar-refractivity contribution >= 4 is 46.3 Å². The van der Waals surface area contributed by atoms with E-state index in [4.69, 9.17) is 10.2 Å². The number of nitrogens with one attached hydrogen (secondary N) is 2. The summed E-state index contributed by atoms with van der Waals surface area (Å²) in [6.45, 7) is 4.32. The van der Waals surface area contributed by atoms with E-state index >= 15 is 0 Å². The van der Waals surface area contributed by atoms with Crippen molar-refractivity contribution in [2.75, 3.05) is 10.6 Å². The Kier molecular flexibility index (Phi) is 8.46. The van der Waals surface area contributed by atoms with Gasteiger partial charge in [-0.3, -0.25) is 0 Å². The number of aromatic nitrogens is 2. The summed E-state index contributed by atoms with van der Waals surface area (Å²) in [5.41, 5.74) is 6.12. The minimum atomic E-state index is -2.42. The molecule has 6 aromatic rings. The molecule has 0 atom stereocenters. The van der Waals surface area contributed by atoms with Crippen LogP contribution < -0.4 is 26.5 Å². The van der Waals surface area contributed by atoms with Gasteiger partial charge in [-0.1, -0.05) is 0 Å². The van der Waals surface area contributed by atoms with Gasteiger partial charge in [-0.2, -0.15) is 5.26 Å². The van der Waals surface area contributed by atoms with E-state index in [9.17, 15) is 0 Å². The fourth-order valence-corrected chi connectivity index (χ4v) is 10.7. The molecule has 1 heterocycles. The average Bonchev–Trinajstić information content (AvgIpc) is 3.07. The second-order valence-electron chi connectivity index (χ2n) is 11.0. The molecule has 2 N–H and O–H groups in total. The van der Waals surface area contributed by atoms with Gasteiger partial charge in [0.2, 0.25) is 0 Å². The average molecular weight is 592 g/mol. The van der Waals surface area contributed by atoms with Crippen LogP contribution in [0.4, 0.5) is 23.1 Å². The summed E-state index contributed by atoms with van der Waals surface area (Å²) >= 11 is 0. The number of rotatable bonds is 9. The normalized spacial score (nSPS) is 11.4. The Morgan fingerprint density at radius 3 is 1.68 bits per heavy atom. The van der Waals surface area contributed by atoms with Crippen molar-refractivity contribution in [2.45, 2.75) is 20.0 Å². The molecule has 0 aliphatic carbocycles. The number of nitriles is 1. The zero-order valence-electron chi connectivity index (χ0n) is 24.8. The van der Waals surface area contributed by atoms with Gasteiger partial charge in [0.15, 0.2) is 0 Å². The first kappa shape index (κ1) is 28.8. The van der Waals surface area contributed by atoms with Crippen LogP contribution in [0.3, 0.4) is 0 Å². The van der Waals surface area contributed by atoms with Crippen molar-refractivity contribution in [2.24, 2.45) is 0 Å². The SMILES string of the molecule is Cc1cc(C[PH](c2ccccc2)(c2ccccc2)c2ccccc2)cc(C)c1Nc1ccnc(Nc2ccc(C#N)cc2)n1. The topological polar surface area (TPSA) is 73.6 Å². The van der Waals surface area contributed by atoms with E-state index in [0.29, 0.717) is 17.3 Å². The van der Waals surface area contributed by atoms with Gasteiger partial charge in [0.05, 0.1) is 11.6 Å². The number of hydrogen-bond acceptors (Lipinski definition) is 5. The molecule has 216 valence electrons. The molecular formula is C38H34N5P. The standard InChI is InChI=1S/C38H34N5P/c1-28-24-31(25-29(2)37(28)42-36-22-23-40-38(43-36)41-32-20-18-30(26-39)19-21-32)27-44(33-12-6-3-7-13-33,34-14-8-4-9-15-34)35-16-10-5-11-17-35/h3-25,44H,27H2,1-2H3,(H2,40,41,42,43). The van der Waals surface area contributed by atoms with Crippen LogP contribution in [0, 0.1) is 25.2 Å². The zero-order chi connectivity index (χ0) is 30.4. The van der Waals surface area contributed by atoms with Crippen LogP contribution in [-0.4, -0.2) is 9.97 Å². The van der Waals surface area contributed by atoms with Gasteiger partial charge in [-0.05, 0) is 12.1 Å². The van der Waals surface area contributed by atoms with Gasteiger partial charge >= 0.3 is 231 Å². The molecule has 0 saturated heterocycles. The Bertz CT molecular complexity index is 1780. The van der Waals surface area contributed by atoms with Gasteiger partial charge in [0.25, 0.3) is 0 Å². The maximum absolute atomic E-state index is 9.07. The maximum atomic E-state index is 9.07. The van der Waals surface area contributed by atoms with Crippen LogP contribution in [0.15, 0.2) is 140 Å². The van der Waals surface area contributed by atoms with Gasteiger partial charge < -0.3 is 0 Å². The van der Waals surface area contributed by atoms with Gasteiger partial charge in [-0.15, -0.1) is 0 Å². The third-order valence-corrected chi connectivity index (χ3v) is 12.9. The molecule has 0 amide bonds. The summed E-state index contributed by atoms with van der Waals surface area (Å²) in [4.78, 5) is 9.08. The summed E-state index contributed by atoms with van der Waals surface area (Å²) in [6.07, 6.45) is 2.68. The predicted octanol–water partition coefficient (Wildman–Crippen LogP) is 7.68. The van der Waals surface area contributed by atoms with Gasteiger partial charge in [-0.25, -0.2) is 0 Å². The first-order chi connectivity index (χ1) is 21.5. The van der Waals surface area contributed by atoms with Crippen LogP contribution in [0.2, 0.25) is 0 Å². The Hall–Kier alpha value is -5.30. The molecule has 0 saturated carbocycles. The Morgan fingerprint density at radius 2 is 1.18 bits per heavy atom. The second-order valence-corrected chi connectivity index (χ2v) is 14.9. The molecule has 0 fully saturated rings. The Morgan fingerprint density at radius 1 is 0.659 bits per heavy atom. The molecule has 1 aromatic heterocycles. The minimum absolute atomic E-state index is 0.482. The van der Waals surface area contributed by atoms with E-state index in [1.54, 1.807) is 18.3 Å². The zero-order valence-corrected chi connectivity index (χ0v) is 25.8. The molecule has 0 bridgehead atoms. The molecule has 5 nitrogen and oxygen atoms in total. The summed E-state index contributed by atoms with van der Waals surface area (Å²) in [7, 11) is -2.42. The molecule has 0 aliphatic heterocycles. The number of benzene rings is 5. The first-order valence-electron chi connectivity index (χ1n) is 14.7. The summed E-state index contributed by atoms with van der Waals surface area (Å²) in [5, 5.41) is 20.0. The van der Waals surface area contributed by atoms with Gasteiger partial charge in [0.1, 0.15) is 0 Å². The fourth-order valence-electron chi connectivity index (χ4n) is 6.01. The number of aryl methyl sites for hydroxylation is 2. The molecule has 5 aromatic carbocycles. The van der Waals surface area contributed by atoms with Crippen LogP contribution >= 0.6 is 7.26 Å². The van der Waals surface area contributed by atoms with E-state index < -0.39 is 7.26 Å². The van der Waals surface area contributed by atoms with E-state index in [0.717, 1.165) is 28.7 Å². The van der Waals surface area contributed by atoms with Crippen LogP contribution in [-0.2, 0) is 6.16 Å². The monoisotopic (exact) mass is 591 g/mol. The van der Waals surface area contributed by atoms with E-state index in [2.05, 4.69) is 139 Å². The molecule has 6 heteroatoms. The third-order valence-electron chi connectivity index (χ3n) is 8.04. The number of nitrogens with zero attached hydrogens (tertiary/aromatic N) is 3. The van der Waals surface area contributed by atoms with Crippen molar-refractivity contribution in [3.63, 3.8) is 0 Å². The van der Waals surface area contributed by atoms with E-state index in [1.807, 2.05) is 18.2 Å². The van der Waals surface area contributed by atoms with Crippen LogP contribution in [0.1, 0.15) is 22.3 Å². The van der Waals surface area contributed by atoms with Crippen molar-refractivity contribution < 1.29 is 0 Å². The first-order valence-corrected chi connectivity index (χ1v) is 16.9. The third kappa shape index (κ3) is 6.08. The summed E-state index contributed by atoms with van der Waals surface area (Å²) in [6, 6.07) is 49.0. The Balaban J connectivity index is 1.34. The van der Waals surface area contributed by atoms with Crippen molar-refractivity contribution in [3.8, 4) is 6.07 Å². The summed E-state index contributed by atoms with van der Waals surface area (Å²) < 4.78 is 0. The molecule has 44 heavy (non-hydrogen) atoms. The second kappa shape index (κ2) is 12.9.